The summed E-state index contributed by atoms with van der Waals surface area (Å²) < 4.78 is 27.3. The lowest BCUT2D eigenvalue weighted by Gasteiger charge is -2.11. The van der Waals surface area contributed by atoms with Gasteiger partial charge in [-0.1, -0.05) is 29.8 Å². The van der Waals surface area contributed by atoms with E-state index < -0.39 is 10.0 Å². The zero-order chi connectivity index (χ0) is 15.3. The van der Waals surface area contributed by atoms with Gasteiger partial charge in [-0.25, -0.2) is 18.1 Å². The van der Waals surface area contributed by atoms with Crippen molar-refractivity contribution in [2.24, 2.45) is 0 Å². The van der Waals surface area contributed by atoms with Crippen molar-refractivity contribution >= 4 is 15.7 Å². The first-order valence-electron chi connectivity index (χ1n) is 6.77. The van der Waals surface area contributed by atoms with Crippen LogP contribution >= 0.6 is 0 Å². The lowest BCUT2D eigenvalue weighted by molar-refractivity contribution is 0.578. The Morgan fingerprint density at radius 3 is 2.52 bits per heavy atom. The number of anilines is 1. The van der Waals surface area contributed by atoms with Crippen LogP contribution in [0.5, 0.6) is 0 Å². The minimum atomic E-state index is -3.65. The Kier molecular flexibility index (Phi) is 4.93. The molecule has 0 unspecified atom stereocenters. The van der Waals surface area contributed by atoms with Gasteiger partial charge in [-0.05, 0) is 31.5 Å². The molecule has 6 heteroatoms. The molecule has 0 amide bonds. The maximum absolute atomic E-state index is 12.4. The maximum atomic E-state index is 12.4. The Balaban J connectivity index is 2.17. The van der Waals surface area contributed by atoms with Crippen molar-refractivity contribution in [1.82, 2.24) is 9.71 Å². The normalized spacial score (nSPS) is 11.3. The average molecular weight is 305 g/mol. The predicted octanol–water partition coefficient (Wildman–Crippen LogP) is 2.30. The summed E-state index contributed by atoms with van der Waals surface area (Å²) in [7, 11) is -3.65. The maximum Gasteiger partial charge on any atom is 0.260 e. The minimum absolute atomic E-state index is 0.0268. The minimum Gasteiger partial charge on any atom is -0.383 e. The molecule has 2 aromatic rings. The quantitative estimate of drug-likeness (QED) is 0.859. The van der Waals surface area contributed by atoms with E-state index in [4.69, 9.17) is 0 Å². The number of aryl methyl sites for hydroxylation is 1. The molecule has 2 N–H and O–H groups in total. The number of hydrogen-bond donors (Lipinski definition) is 2. The molecule has 0 radical (unpaired) electrons. The fourth-order valence-corrected chi connectivity index (χ4v) is 3.01. The summed E-state index contributed by atoms with van der Waals surface area (Å²) >= 11 is 0. The summed E-state index contributed by atoms with van der Waals surface area (Å²) in [6, 6.07) is 11.1. The zero-order valence-electron chi connectivity index (χ0n) is 12.1. The smallest absolute Gasteiger partial charge is 0.260 e. The van der Waals surface area contributed by atoms with E-state index in [0.29, 0.717) is 12.2 Å². The van der Waals surface area contributed by atoms with Gasteiger partial charge in [0.15, 0.2) is 5.03 Å². The molecule has 0 aliphatic heterocycles. The predicted molar refractivity (Wildman–Crippen MR) is 83.6 cm³/mol. The summed E-state index contributed by atoms with van der Waals surface area (Å²) in [5.74, 6) is 0. The largest absolute Gasteiger partial charge is 0.383 e. The highest BCUT2D eigenvalue weighted by atomic mass is 32.2. The van der Waals surface area contributed by atoms with E-state index in [-0.39, 0.29) is 11.6 Å². The van der Waals surface area contributed by atoms with Gasteiger partial charge in [0, 0.05) is 19.3 Å². The van der Waals surface area contributed by atoms with Crippen molar-refractivity contribution in [3.05, 3.63) is 53.7 Å². The molecule has 1 heterocycles. The summed E-state index contributed by atoms with van der Waals surface area (Å²) in [4.78, 5) is 3.98. The third-order valence-electron chi connectivity index (χ3n) is 2.98. The van der Waals surface area contributed by atoms with E-state index in [1.807, 2.05) is 38.1 Å². The van der Waals surface area contributed by atoms with Crippen LogP contribution in [0.2, 0.25) is 0 Å². The molecule has 21 heavy (non-hydrogen) atoms. The van der Waals surface area contributed by atoms with E-state index in [9.17, 15) is 8.42 Å². The van der Waals surface area contributed by atoms with Crippen molar-refractivity contribution in [3.8, 4) is 0 Å². The highest BCUT2D eigenvalue weighted by Crippen LogP contribution is 2.17. The molecule has 0 bridgehead atoms. The first kappa shape index (κ1) is 15.5. The fraction of sp³-hybridized carbons (Fsp3) is 0.267. The van der Waals surface area contributed by atoms with Gasteiger partial charge in [-0.2, -0.15) is 0 Å². The van der Waals surface area contributed by atoms with Crippen molar-refractivity contribution in [3.63, 3.8) is 0 Å². The van der Waals surface area contributed by atoms with Crippen LogP contribution in [0.4, 0.5) is 5.69 Å². The van der Waals surface area contributed by atoms with Crippen LogP contribution < -0.4 is 10.0 Å². The Labute approximate surface area is 125 Å². The highest BCUT2D eigenvalue weighted by molar-refractivity contribution is 7.89. The second-order valence-electron chi connectivity index (χ2n) is 4.70. The second kappa shape index (κ2) is 6.69. The summed E-state index contributed by atoms with van der Waals surface area (Å²) in [5, 5.41) is 3.03. The first-order valence-corrected chi connectivity index (χ1v) is 8.25. The molecule has 0 saturated heterocycles. The van der Waals surface area contributed by atoms with Crippen molar-refractivity contribution in [2.75, 3.05) is 11.9 Å². The van der Waals surface area contributed by atoms with Crippen LogP contribution in [0.25, 0.3) is 0 Å². The monoisotopic (exact) mass is 305 g/mol. The topological polar surface area (TPSA) is 71.1 Å². The van der Waals surface area contributed by atoms with E-state index in [1.54, 1.807) is 12.1 Å². The standard InChI is InChI=1S/C15H19N3O2S/c1-3-16-14-5-4-10-17-15(14)21(19,20)18-11-13-8-6-12(2)7-9-13/h4-10,16,18H,3,11H2,1-2H3. The molecular formula is C15H19N3O2S. The van der Waals surface area contributed by atoms with Gasteiger partial charge in [-0.3, -0.25) is 0 Å². The summed E-state index contributed by atoms with van der Waals surface area (Å²) in [5.41, 5.74) is 2.56. The summed E-state index contributed by atoms with van der Waals surface area (Å²) in [6.07, 6.45) is 1.47. The molecule has 0 fully saturated rings. The van der Waals surface area contributed by atoms with Crippen LogP contribution in [0.15, 0.2) is 47.6 Å². The molecule has 0 saturated carbocycles. The van der Waals surface area contributed by atoms with Gasteiger partial charge < -0.3 is 5.32 Å². The number of pyridine rings is 1. The number of hydrogen-bond acceptors (Lipinski definition) is 4. The lowest BCUT2D eigenvalue weighted by atomic mass is 10.2. The van der Waals surface area contributed by atoms with E-state index >= 15 is 0 Å². The van der Waals surface area contributed by atoms with Gasteiger partial charge in [0.05, 0.1) is 5.69 Å². The van der Waals surface area contributed by atoms with Crippen molar-refractivity contribution < 1.29 is 8.42 Å². The molecule has 1 aromatic carbocycles. The van der Waals surface area contributed by atoms with E-state index in [0.717, 1.165) is 11.1 Å². The Morgan fingerprint density at radius 2 is 1.86 bits per heavy atom. The number of rotatable bonds is 6. The molecule has 0 atom stereocenters. The third kappa shape index (κ3) is 4.03. The molecule has 2 rings (SSSR count). The number of nitrogens with zero attached hydrogens (tertiary/aromatic N) is 1. The number of nitrogens with one attached hydrogen (secondary N) is 2. The Hall–Kier alpha value is -1.92. The average Bonchev–Trinajstić information content (AvgIpc) is 2.47. The van der Waals surface area contributed by atoms with Crippen molar-refractivity contribution in [1.29, 1.82) is 0 Å². The molecule has 112 valence electrons. The Bertz CT molecular complexity index is 697. The van der Waals surface area contributed by atoms with Crippen LogP contribution in [-0.2, 0) is 16.6 Å². The number of aromatic nitrogens is 1. The SMILES string of the molecule is CCNc1cccnc1S(=O)(=O)NCc1ccc(C)cc1. The molecule has 0 aliphatic rings. The lowest BCUT2D eigenvalue weighted by Crippen LogP contribution is -2.25. The second-order valence-corrected chi connectivity index (χ2v) is 6.38. The zero-order valence-corrected chi connectivity index (χ0v) is 12.9. The van der Waals surface area contributed by atoms with Gasteiger partial charge in [0.1, 0.15) is 0 Å². The van der Waals surface area contributed by atoms with Gasteiger partial charge in [0.25, 0.3) is 10.0 Å². The van der Waals surface area contributed by atoms with Crippen LogP contribution in [0.1, 0.15) is 18.1 Å². The number of sulfonamides is 1. The molecule has 0 aliphatic carbocycles. The van der Waals surface area contributed by atoms with Gasteiger partial charge in [0.2, 0.25) is 0 Å². The van der Waals surface area contributed by atoms with Crippen LogP contribution in [0, 0.1) is 6.92 Å². The van der Waals surface area contributed by atoms with E-state index in [1.165, 1.54) is 6.20 Å². The third-order valence-corrected chi connectivity index (χ3v) is 4.34. The van der Waals surface area contributed by atoms with Gasteiger partial charge in [-0.15, -0.1) is 0 Å². The van der Waals surface area contributed by atoms with Gasteiger partial charge >= 0.3 is 0 Å². The Morgan fingerprint density at radius 1 is 1.14 bits per heavy atom. The van der Waals surface area contributed by atoms with Crippen LogP contribution in [0.3, 0.4) is 0 Å². The molecular weight excluding hydrogens is 286 g/mol. The fourth-order valence-electron chi connectivity index (χ4n) is 1.88. The molecule has 1 aromatic heterocycles. The number of benzene rings is 1. The van der Waals surface area contributed by atoms with E-state index in [2.05, 4.69) is 15.0 Å². The highest BCUT2D eigenvalue weighted by Gasteiger charge is 2.19. The first-order chi connectivity index (χ1) is 10.0. The molecule has 5 nitrogen and oxygen atoms in total. The van der Waals surface area contributed by atoms with Crippen molar-refractivity contribution in [2.45, 2.75) is 25.4 Å². The summed E-state index contributed by atoms with van der Waals surface area (Å²) in [6.45, 7) is 4.77. The van der Waals surface area contributed by atoms with Crippen LogP contribution in [-0.4, -0.2) is 19.9 Å². The molecule has 0 spiro atoms.